The quantitative estimate of drug-likeness (QED) is 0.342. The number of halogens is 1. The fourth-order valence-corrected chi connectivity index (χ4v) is 4.17. The summed E-state index contributed by atoms with van der Waals surface area (Å²) in [5.41, 5.74) is 7.93. The molecule has 2 aromatic carbocycles. The second-order valence-electron chi connectivity index (χ2n) is 9.13. The minimum Gasteiger partial charge on any atom is -0.463 e. The van der Waals surface area contributed by atoms with Crippen molar-refractivity contribution in [2.45, 2.75) is 19.4 Å². The number of carbonyl (C=O) groups excluding carboxylic acids is 1. The van der Waals surface area contributed by atoms with Gasteiger partial charge in [0, 0.05) is 66.7 Å². The van der Waals surface area contributed by atoms with E-state index in [1.807, 2.05) is 6.92 Å². The molecule has 1 aliphatic rings. The number of carbonyl (C=O) groups is 1. The summed E-state index contributed by atoms with van der Waals surface area (Å²) in [6.07, 6.45) is 4.24. The highest BCUT2D eigenvalue weighted by atomic mass is 19.1. The van der Waals surface area contributed by atoms with E-state index in [1.165, 1.54) is 10.7 Å². The highest BCUT2D eigenvalue weighted by molar-refractivity contribution is 6.14. The Hall–Kier alpha value is -3.83. The van der Waals surface area contributed by atoms with Gasteiger partial charge in [-0.1, -0.05) is 0 Å². The molecule has 0 unspecified atom stereocenters. The van der Waals surface area contributed by atoms with Gasteiger partial charge in [0.1, 0.15) is 5.52 Å². The Morgan fingerprint density at radius 3 is 3.00 bits per heavy atom. The average molecular weight is 494 g/mol. The highest BCUT2D eigenvalue weighted by Gasteiger charge is 2.20. The molecule has 11 heteroatoms. The summed E-state index contributed by atoms with van der Waals surface area (Å²) in [4.78, 5) is 22.2. The zero-order chi connectivity index (χ0) is 25.2. The number of hydrogen-bond acceptors (Lipinski definition) is 8. The zero-order valence-electron chi connectivity index (χ0n) is 20.1. The first-order valence-electron chi connectivity index (χ1n) is 11.8. The summed E-state index contributed by atoms with van der Waals surface area (Å²) in [5.74, 6) is -0.670. The zero-order valence-corrected chi connectivity index (χ0v) is 20.1. The molecule has 4 N–H and O–H groups in total. The molecule has 188 valence electrons. The van der Waals surface area contributed by atoms with Crippen LogP contribution in [-0.4, -0.2) is 58.1 Å². The first kappa shape index (κ1) is 23.9. The predicted octanol–water partition coefficient (Wildman–Crippen LogP) is 3.08. The van der Waals surface area contributed by atoms with Crippen LogP contribution in [0.1, 0.15) is 23.7 Å². The number of hydrogen-bond donors (Lipinski definition) is 3. The fourth-order valence-electron chi connectivity index (χ4n) is 4.17. The van der Waals surface area contributed by atoms with Crippen molar-refractivity contribution in [3.63, 3.8) is 0 Å². The fraction of sp³-hybridized carbons (Fsp3) is 0.360. The van der Waals surface area contributed by atoms with E-state index in [0.717, 1.165) is 18.7 Å². The van der Waals surface area contributed by atoms with Crippen molar-refractivity contribution in [3.8, 4) is 6.01 Å². The molecular formula is C25H28FN7O3. The molecule has 0 aliphatic carbocycles. The lowest BCUT2D eigenvalue weighted by Crippen LogP contribution is -2.25. The number of nitrogens with zero attached hydrogens (tertiary/aromatic N) is 4. The number of aromatic nitrogens is 4. The van der Waals surface area contributed by atoms with Crippen LogP contribution in [0.2, 0.25) is 0 Å². The van der Waals surface area contributed by atoms with Crippen LogP contribution < -0.4 is 21.1 Å². The standard InChI is InChI=1S/C25H28FN7O3/c1-14(27)9-28-21-4-3-18(23-19(21)10-29-25(31-23)36-13-15-5-6-35-12-15)24(34)30-17-7-16-11-33(2)32-22(16)20(26)8-17/h3-4,7-8,10-11,14-15,28H,5-6,9,12-13,27H2,1-2H3,(H,30,34)/t14-,15+/m1/s1. The maximum Gasteiger partial charge on any atom is 0.316 e. The Bertz CT molecular complexity index is 1420. The minimum atomic E-state index is -0.516. The van der Waals surface area contributed by atoms with Crippen molar-refractivity contribution in [1.82, 2.24) is 19.7 Å². The van der Waals surface area contributed by atoms with Gasteiger partial charge in [0.25, 0.3) is 5.91 Å². The molecule has 36 heavy (non-hydrogen) atoms. The number of ether oxygens (including phenoxy) is 2. The molecule has 0 saturated carbocycles. The van der Waals surface area contributed by atoms with Crippen molar-refractivity contribution in [3.05, 3.63) is 48.0 Å². The van der Waals surface area contributed by atoms with Crippen molar-refractivity contribution < 1.29 is 18.7 Å². The van der Waals surface area contributed by atoms with Gasteiger partial charge in [-0.3, -0.25) is 9.48 Å². The lowest BCUT2D eigenvalue weighted by Gasteiger charge is -2.15. The first-order valence-corrected chi connectivity index (χ1v) is 11.8. The molecule has 2 atom stereocenters. The second kappa shape index (κ2) is 10.0. The minimum absolute atomic E-state index is 0.0718. The summed E-state index contributed by atoms with van der Waals surface area (Å²) >= 11 is 0. The van der Waals surface area contributed by atoms with Crippen molar-refractivity contribution in [1.29, 1.82) is 0 Å². The lowest BCUT2D eigenvalue weighted by molar-refractivity contribution is 0.102. The number of anilines is 2. The van der Waals surface area contributed by atoms with Crippen LogP contribution in [0.4, 0.5) is 15.8 Å². The molecule has 0 spiro atoms. The van der Waals surface area contributed by atoms with Crippen LogP contribution in [-0.2, 0) is 11.8 Å². The number of benzene rings is 2. The number of aryl methyl sites for hydroxylation is 1. The number of fused-ring (bicyclic) bond motifs is 2. The van der Waals surface area contributed by atoms with E-state index in [1.54, 1.807) is 37.6 Å². The van der Waals surface area contributed by atoms with Gasteiger partial charge in [0.05, 0.1) is 24.3 Å². The van der Waals surface area contributed by atoms with Crippen molar-refractivity contribution in [2.24, 2.45) is 18.7 Å². The Morgan fingerprint density at radius 2 is 2.22 bits per heavy atom. The molecule has 1 amide bonds. The van der Waals surface area contributed by atoms with Crippen LogP contribution >= 0.6 is 0 Å². The molecule has 1 aliphatic heterocycles. The first-order chi connectivity index (χ1) is 17.4. The Balaban J connectivity index is 1.47. The third-order valence-electron chi connectivity index (χ3n) is 5.99. The molecule has 3 heterocycles. The molecule has 0 radical (unpaired) electrons. The van der Waals surface area contributed by atoms with E-state index in [4.69, 9.17) is 15.2 Å². The Kier molecular flexibility index (Phi) is 6.66. The Morgan fingerprint density at radius 1 is 1.36 bits per heavy atom. The van der Waals surface area contributed by atoms with Crippen LogP contribution in [0, 0.1) is 11.7 Å². The SMILES string of the molecule is C[C@@H](N)CNc1ccc(C(=O)Nc2cc(F)c3nn(C)cc3c2)c2nc(OC[C@H]3CCOC3)ncc12. The third kappa shape index (κ3) is 5.07. The molecule has 1 saturated heterocycles. The second-order valence-corrected chi connectivity index (χ2v) is 9.13. The topological polar surface area (TPSA) is 129 Å². The third-order valence-corrected chi connectivity index (χ3v) is 5.99. The van der Waals surface area contributed by atoms with Crippen LogP contribution in [0.3, 0.4) is 0 Å². The van der Waals surface area contributed by atoms with Crippen molar-refractivity contribution >= 4 is 39.1 Å². The van der Waals surface area contributed by atoms with E-state index < -0.39 is 11.7 Å². The van der Waals surface area contributed by atoms with Gasteiger partial charge in [-0.15, -0.1) is 0 Å². The van der Waals surface area contributed by atoms with Gasteiger partial charge >= 0.3 is 6.01 Å². The van der Waals surface area contributed by atoms with E-state index in [2.05, 4.69) is 25.7 Å². The molecule has 1 fully saturated rings. The van der Waals surface area contributed by atoms with Crippen LogP contribution in [0.25, 0.3) is 21.8 Å². The summed E-state index contributed by atoms with van der Waals surface area (Å²) < 4.78 is 27.3. The molecule has 2 aromatic heterocycles. The number of rotatable bonds is 8. The van der Waals surface area contributed by atoms with Gasteiger partial charge < -0.3 is 25.8 Å². The molecule has 4 aromatic rings. The number of nitrogens with two attached hydrogens (primary N) is 1. The number of amides is 1. The highest BCUT2D eigenvalue weighted by Crippen LogP contribution is 2.28. The molecular weight excluding hydrogens is 465 g/mol. The maximum absolute atomic E-state index is 14.5. The maximum atomic E-state index is 14.5. The largest absolute Gasteiger partial charge is 0.463 e. The molecule has 10 nitrogen and oxygen atoms in total. The van der Waals surface area contributed by atoms with E-state index in [9.17, 15) is 9.18 Å². The summed E-state index contributed by atoms with van der Waals surface area (Å²) in [6.45, 7) is 4.22. The van der Waals surface area contributed by atoms with E-state index in [0.29, 0.717) is 47.3 Å². The number of nitrogens with one attached hydrogen (secondary N) is 2. The van der Waals surface area contributed by atoms with Gasteiger partial charge in [-0.25, -0.2) is 9.37 Å². The van der Waals surface area contributed by atoms with Crippen molar-refractivity contribution in [2.75, 3.05) is 37.0 Å². The summed E-state index contributed by atoms with van der Waals surface area (Å²) in [7, 11) is 1.71. The van der Waals surface area contributed by atoms with Gasteiger partial charge in [0.2, 0.25) is 0 Å². The average Bonchev–Trinajstić information content (AvgIpc) is 3.50. The monoisotopic (exact) mass is 493 g/mol. The Labute approximate surface area is 207 Å². The summed E-state index contributed by atoms with van der Waals surface area (Å²) in [6, 6.07) is 6.48. The lowest BCUT2D eigenvalue weighted by atomic mass is 10.1. The normalized spacial score (nSPS) is 16.4. The van der Waals surface area contributed by atoms with E-state index >= 15 is 0 Å². The van der Waals surface area contributed by atoms with Gasteiger partial charge in [-0.2, -0.15) is 10.1 Å². The van der Waals surface area contributed by atoms with E-state index in [-0.39, 0.29) is 23.5 Å². The predicted molar refractivity (Wildman–Crippen MR) is 135 cm³/mol. The van der Waals surface area contributed by atoms with Gasteiger partial charge in [0.15, 0.2) is 5.82 Å². The van der Waals surface area contributed by atoms with Crippen LogP contribution in [0.5, 0.6) is 6.01 Å². The smallest absolute Gasteiger partial charge is 0.316 e. The molecule has 5 rings (SSSR count). The van der Waals surface area contributed by atoms with Crippen LogP contribution in [0.15, 0.2) is 36.7 Å². The summed E-state index contributed by atoms with van der Waals surface area (Å²) in [5, 5.41) is 11.4. The van der Waals surface area contributed by atoms with Gasteiger partial charge in [-0.05, 0) is 37.6 Å². The molecule has 0 bridgehead atoms.